The van der Waals surface area contributed by atoms with Gasteiger partial charge >= 0.3 is 6.61 Å². The molecule has 0 aliphatic heterocycles. The van der Waals surface area contributed by atoms with Gasteiger partial charge in [-0.3, -0.25) is 9.59 Å². The predicted molar refractivity (Wildman–Crippen MR) is 120 cm³/mol. The molecule has 1 aromatic heterocycles. The van der Waals surface area contributed by atoms with E-state index in [4.69, 9.17) is 34.7 Å². The molecule has 0 bridgehead atoms. The Bertz CT molecular complexity index is 1160. The summed E-state index contributed by atoms with van der Waals surface area (Å²) in [5, 5.41) is 0.535. The summed E-state index contributed by atoms with van der Waals surface area (Å²) in [4.78, 5) is 30.6. The van der Waals surface area contributed by atoms with Crippen LogP contribution in [0.1, 0.15) is 22.2 Å². The minimum absolute atomic E-state index is 0.0460. The maximum atomic E-state index is 12.9. The number of hydrogen-bond donors (Lipinski definition) is 2. The van der Waals surface area contributed by atoms with Crippen LogP contribution in [0.3, 0.4) is 0 Å². The maximum absolute atomic E-state index is 12.9. The van der Waals surface area contributed by atoms with Gasteiger partial charge in [0.1, 0.15) is 22.5 Å². The molecule has 2 aromatic carbocycles. The van der Waals surface area contributed by atoms with E-state index in [2.05, 4.69) is 9.72 Å². The minimum Gasteiger partial charge on any atom is -0.433 e. The number of ketones is 1. The molecule has 1 heterocycles. The summed E-state index contributed by atoms with van der Waals surface area (Å²) in [6.07, 6.45) is 0. The number of carbonyl (C=O) groups excluding carboxylic acids is 2. The van der Waals surface area contributed by atoms with E-state index in [0.717, 1.165) is 11.3 Å². The lowest BCUT2D eigenvalue weighted by atomic mass is 10.1. The molecule has 1 atom stereocenters. The Labute approximate surface area is 195 Å². The number of nitrogens with two attached hydrogens (primary N) is 2. The monoisotopic (exact) mass is 500 g/mol. The summed E-state index contributed by atoms with van der Waals surface area (Å²) >= 11 is 12.9. The highest BCUT2D eigenvalue weighted by Crippen LogP contribution is 2.38. The van der Waals surface area contributed by atoms with Crippen LogP contribution in [0.2, 0.25) is 10.0 Å². The Morgan fingerprint density at radius 1 is 1.16 bits per heavy atom. The van der Waals surface area contributed by atoms with Crippen LogP contribution >= 0.6 is 34.5 Å². The number of hydrogen-bond acceptors (Lipinski definition) is 7. The van der Waals surface area contributed by atoms with Crippen LogP contribution in [-0.2, 0) is 4.79 Å². The molecule has 12 heteroatoms. The molecular formula is C20H16Cl2F2N4O3S. The normalized spacial score (nSPS) is 11.9. The second kappa shape index (κ2) is 9.68. The summed E-state index contributed by atoms with van der Waals surface area (Å²) in [7, 11) is 0. The quantitative estimate of drug-likeness (QED) is 0.426. The van der Waals surface area contributed by atoms with Crippen LogP contribution in [0.15, 0.2) is 42.5 Å². The second-order valence-corrected chi connectivity index (χ2v) is 8.31. The molecule has 1 amide bonds. The fourth-order valence-corrected chi connectivity index (χ4v) is 4.17. The van der Waals surface area contributed by atoms with Crippen LogP contribution in [0.5, 0.6) is 5.75 Å². The van der Waals surface area contributed by atoms with Crippen molar-refractivity contribution in [1.29, 1.82) is 0 Å². The summed E-state index contributed by atoms with van der Waals surface area (Å²) in [5.74, 6) is -1.37. The van der Waals surface area contributed by atoms with Crippen molar-refractivity contribution in [2.75, 3.05) is 10.6 Å². The number of anilines is 3. The number of primary amides is 1. The molecule has 0 spiro atoms. The molecular weight excluding hydrogens is 485 g/mol. The van der Waals surface area contributed by atoms with Gasteiger partial charge in [-0.05, 0) is 49.4 Å². The molecule has 4 N–H and O–H groups in total. The number of nitrogen functional groups attached to an aromatic ring is 1. The third-order valence-electron chi connectivity index (χ3n) is 4.37. The lowest BCUT2D eigenvalue weighted by Crippen LogP contribution is -2.39. The Kier molecular flexibility index (Phi) is 7.17. The Hall–Kier alpha value is -2.95. The Morgan fingerprint density at radius 2 is 1.81 bits per heavy atom. The van der Waals surface area contributed by atoms with Crippen molar-refractivity contribution in [2.24, 2.45) is 5.73 Å². The fraction of sp³-hybridized carbons (Fsp3) is 0.150. The zero-order valence-electron chi connectivity index (χ0n) is 16.4. The van der Waals surface area contributed by atoms with Gasteiger partial charge in [0.2, 0.25) is 11.7 Å². The van der Waals surface area contributed by atoms with Gasteiger partial charge in [0.25, 0.3) is 0 Å². The van der Waals surface area contributed by atoms with Crippen molar-refractivity contribution >= 4 is 62.9 Å². The summed E-state index contributed by atoms with van der Waals surface area (Å²) in [6.45, 7) is -1.54. The smallest absolute Gasteiger partial charge is 0.387 e. The highest BCUT2D eigenvalue weighted by atomic mass is 35.5. The SMILES string of the molecule is CC(C(N)=O)N(c1ccc(OC(F)F)c(Cl)c1)c1nc(N)c(C(=O)c2ccc(Cl)cc2)s1. The molecule has 0 fully saturated rings. The lowest BCUT2D eigenvalue weighted by molar-refractivity contribution is -0.118. The molecule has 3 rings (SSSR count). The van der Waals surface area contributed by atoms with Crippen LogP contribution in [-0.4, -0.2) is 29.3 Å². The lowest BCUT2D eigenvalue weighted by Gasteiger charge is -2.27. The molecule has 32 heavy (non-hydrogen) atoms. The number of aromatic nitrogens is 1. The number of benzene rings is 2. The molecule has 0 saturated carbocycles. The van der Waals surface area contributed by atoms with Crippen molar-refractivity contribution in [2.45, 2.75) is 19.6 Å². The number of ether oxygens (including phenoxy) is 1. The molecule has 0 aliphatic carbocycles. The molecule has 0 saturated heterocycles. The number of amides is 1. The zero-order chi connectivity index (χ0) is 23.6. The maximum Gasteiger partial charge on any atom is 0.387 e. The zero-order valence-corrected chi connectivity index (χ0v) is 18.7. The van der Waals surface area contributed by atoms with Gasteiger partial charge in [0.05, 0.1) is 5.02 Å². The number of halogens is 4. The molecule has 168 valence electrons. The van der Waals surface area contributed by atoms with Gasteiger partial charge in [-0.25, -0.2) is 4.98 Å². The van der Waals surface area contributed by atoms with E-state index in [0.29, 0.717) is 16.3 Å². The number of thiazole rings is 1. The van der Waals surface area contributed by atoms with Crippen LogP contribution in [0.25, 0.3) is 0 Å². The van der Waals surface area contributed by atoms with Gasteiger partial charge < -0.3 is 21.1 Å². The van der Waals surface area contributed by atoms with E-state index in [-0.39, 0.29) is 32.4 Å². The van der Waals surface area contributed by atoms with Crippen molar-refractivity contribution in [3.05, 3.63) is 63.0 Å². The molecule has 7 nitrogen and oxygen atoms in total. The average molecular weight is 501 g/mol. The second-order valence-electron chi connectivity index (χ2n) is 6.49. The molecule has 0 aliphatic rings. The Balaban J connectivity index is 2.03. The van der Waals surface area contributed by atoms with Crippen LogP contribution < -0.4 is 21.1 Å². The van der Waals surface area contributed by atoms with E-state index >= 15 is 0 Å². The van der Waals surface area contributed by atoms with Crippen molar-refractivity contribution in [3.63, 3.8) is 0 Å². The largest absolute Gasteiger partial charge is 0.433 e. The number of rotatable bonds is 8. The van der Waals surface area contributed by atoms with E-state index in [1.54, 1.807) is 24.3 Å². The van der Waals surface area contributed by atoms with Gasteiger partial charge in [-0.1, -0.05) is 34.5 Å². The average Bonchev–Trinajstić information content (AvgIpc) is 3.10. The molecule has 0 radical (unpaired) electrons. The number of nitrogens with zero attached hydrogens (tertiary/aromatic N) is 2. The standard InChI is InChI=1S/C20H16Cl2F2N4O3S/c1-9(18(26)30)28(12-6-7-14(13(22)8-12)31-19(23)24)20-27-17(25)16(32-20)15(29)10-2-4-11(21)5-3-10/h2-9,19H,25H2,1H3,(H2,26,30). The van der Waals surface area contributed by atoms with Crippen molar-refractivity contribution in [1.82, 2.24) is 4.98 Å². The van der Waals surface area contributed by atoms with E-state index in [1.807, 2.05) is 0 Å². The summed E-state index contributed by atoms with van der Waals surface area (Å²) in [5.41, 5.74) is 12.1. The molecule has 3 aromatic rings. The van der Waals surface area contributed by atoms with Crippen LogP contribution in [0, 0.1) is 0 Å². The Morgan fingerprint density at radius 3 is 2.38 bits per heavy atom. The highest BCUT2D eigenvalue weighted by molar-refractivity contribution is 7.18. The van der Waals surface area contributed by atoms with E-state index < -0.39 is 18.6 Å². The summed E-state index contributed by atoms with van der Waals surface area (Å²) < 4.78 is 29.4. The van der Waals surface area contributed by atoms with Gasteiger partial charge in [0.15, 0.2) is 5.13 Å². The first-order valence-corrected chi connectivity index (χ1v) is 10.5. The van der Waals surface area contributed by atoms with E-state index in [1.165, 1.54) is 30.0 Å². The van der Waals surface area contributed by atoms with Crippen molar-refractivity contribution < 1.29 is 23.1 Å². The first-order chi connectivity index (χ1) is 15.1. The third-order valence-corrected chi connectivity index (χ3v) is 5.99. The number of alkyl halides is 2. The van der Waals surface area contributed by atoms with Crippen molar-refractivity contribution in [3.8, 4) is 5.75 Å². The van der Waals surface area contributed by atoms with Gasteiger partial charge in [-0.15, -0.1) is 0 Å². The number of carbonyl (C=O) groups is 2. The summed E-state index contributed by atoms with van der Waals surface area (Å²) in [6, 6.07) is 9.25. The topological polar surface area (TPSA) is 112 Å². The minimum atomic E-state index is -3.06. The third kappa shape index (κ3) is 5.09. The van der Waals surface area contributed by atoms with Gasteiger partial charge in [0, 0.05) is 16.3 Å². The van der Waals surface area contributed by atoms with Gasteiger partial charge in [-0.2, -0.15) is 8.78 Å². The first kappa shape index (κ1) is 23.7. The van der Waals surface area contributed by atoms with E-state index in [9.17, 15) is 18.4 Å². The highest BCUT2D eigenvalue weighted by Gasteiger charge is 2.28. The predicted octanol–water partition coefficient (Wildman–Crippen LogP) is 4.88. The fourth-order valence-electron chi connectivity index (χ4n) is 2.78. The van der Waals surface area contributed by atoms with Crippen LogP contribution in [0.4, 0.5) is 25.4 Å². The molecule has 1 unspecified atom stereocenters. The first-order valence-electron chi connectivity index (χ1n) is 8.98.